The first-order chi connectivity index (χ1) is 13.6. The molecular weight excluding hydrogens is 352 g/mol. The van der Waals surface area contributed by atoms with Gasteiger partial charge in [0, 0.05) is 6.42 Å². The van der Waals surface area contributed by atoms with E-state index in [4.69, 9.17) is 4.74 Å². The van der Waals surface area contributed by atoms with Gasteiger partial charge in [-0.3, -0.25) is 4.79 Å². The van der Waals surface area contributed by atoms with Crippen molar-refractivity contribution in [2.24, 2.45) is 0 Å². The molecule has 0 aromatic rings. The molecule has 28 heavy (non-hydrogen) atoms. The standard InChI is InChI=1S/C24H44O4/c1-3-5-7-8-9-10-11-12-13-14-15-16-17-19-20-22(24(26)27)28-23(25)21-18-6-4-2/h12-13,22H,3-11,14-21H2,1-2H3,(H,26,27)/b13-12-. The zero-order valence-electron chi connectivity index (χ0n) is 18.4. The third kappa shape index (κ3) is 18.1. The molecule has 0 aliphatic carbocycles. The fourth-order valence-electron chi connectivity index (χ4n) is 3.19. The van der Waals surface area contributed by atoms with Crippen LogP contribution in [0.15, 0.2) is 12.2 Å². The maximum Gasteiger partial charge on any atom is 0.345 e. The van der Waals surface area contributed by atoms with E-state index in [0.717, 1.165) is 51.4 Å². The Labute approximate surface area is 173 Å². The maximum absolute atomic E-state index is 11.7. The molecule has 0 amide bonds. The van der Waals surface area contributed by atoms with Gasteiger partial charge in [0.1, 0.15) is 0 Å². The molecule has 4 nitrogen and oxygen atoms in total. The molecule has 0 saturated carbocycles. The zero-order chi connectivity index (χ0) is 20.9. The largest absolute Gasteiger partial charge is 0.479 e. The van der Waals surface area contributed by atoms with Crippen LogP contribution in [0.3, 0.4) is 0 Å². The number of esters is 1. The SMILES string of the molecule is CCCCCCCC/C=C\CCCCCCC(OC(=O)CCCCC)C(=O)O. The normalized spacial score (nSPS) is 12.4. The van der Waals surface area contributed by atoms with Gasteiger partial charge in [0.2, 0.25) is 0 Å². The summed E-state index contributed by atoms with van der Waals surface area (Å²) in [6, 6.07) is 0. The van der Waals surface area contributed by atoms with Gasteiger partial charge in [-0.1, -0.05) is 83.8 Å². The monoisotopic (exact) mass is 396 g/mol. The van der Waals surface area contributed by atoms with Gasteiger partial charge in [0.05, 0.1) is 0 Å². The molecule has 164 valence electrons. The van der Waals surface area contributed by atoms with Crippen LogP contribution in [0.2, 0.25) is 0 Å². The lowest BCUT2D eigenvalue weighted by molar-refractivity contribution is -0.164. The number of carboxylic acids is 1. The number of aliphatic carboxylic acids is 1. The lowest BCUT2D eigenvalue weighted by Crippen LogP contribution is -2.27. The first-order valence-corrected chi connectivity index (χ1v) is 11.7. The van der Waals surface area contributed by atoms with Crippen molar-refractivity contribution < 1.29 is 19.4 Å². The average Bonchev–Trinajstić information content (AvgIpc) is 2.67. The molecule has 0 spiro atoms. The van der Waals surface area contributed by atoms with Gasteiger partial charge in [-0.2, -0.15) is 0 Å². The highest BCUT2D eigenvalue weighted by Gasteiger charge is 2.21. The highest BCUT2D eigenvalue weighted by Crippen LogP contribution is 2.12. The van der Waals surface area contributed by atoms with E-state index in [1.54, 1.807) is 0 Å². The van der Waals surface area contributed by atoms with Crippen molar-refractivity contribution in [3.05, 3.63) is 12.2 Å². The number of unbranched alkanes of at least 4 members (excludes halogenated alkanes) is 12. The Balaban J connectivity index is 3.61. The van der Waals surface area contributed by atoms with Crippen LogP contribution in [-0.4, -0.2) is 23.1 Å². The number of carbonyl (C=O) groups is 2. The Kier molecular flexibility index (Phi) is 19.5. The van der Waals surface area contributed by atoms with Gasteiger partial charge in [-0.05, 0) is 44.9 Å². The number of allylic oxidation sites excluding steroid dienone is 2. The van der Waals surface area contributed by atoms with Crippen molar-refractivity contribution in [2.45, 2.75) is 129 Å². The Bertz CT molecular complexity index is 403. The lowest BCUT2D eigenvalue weighted by Gasteiger charge is -2.13. The fourth-order valence-corrected chi connectivity index (χ4v) is 3.19. The van der Waals surface area contributed by atoms with E-state index in [1.807, 2.05) is 0 Å². The molecule has 0 aromatic carbocycles. The van der Waals surface area contributed by atoms with Crippen LogP contribution in [0.1, 0.15) is 123 Å². The van der Waals surface area contributed by atoms with E-state index in [-0.39, 0.29) is 5.97 Å². The number of carbonyl (C=O) groups excluding carboxylic acids is 1. The predicted molar refractivity (Wildman–Crippen MR) is 116 cm³/mol. The zero-order valence-corrected chi connectivity index (χ0v) is 18.4. The van der Waals surface area contributed by atoms with Crippen LogP contribution >= 0.6 is 0 Å². The molecule has 0 aliphatic rings. The molecule has 0 rings (SSSR count). The number of hydrogen-bond acceptors (Lipinski definition) is 3. The van der Waals surface area contributed by atoms with Crippen molar-refractivity contribution in [2.75, 3.05) is 0 Å². The predicted octanol–water partition coefficient (Wildman–Crippen LogP) is 7.21. The first kappa shape index (κ1) is 26.7. The number of carboxylic acid groups (broad SMARTS) is 1. The second kappa shape index (κ2) is 20.4. The summed E-state index contributed by atoms with van der Waals surface area (Å²) in [5.41, 5.74) is 0. The minimum absolute atomic E-state index is 0.322. The van der Waals surface area contributed by atoms with Gasteiger partial charge >= 0.3 is 11.9 Å². The highest BCUT2D eigenvalue weighted by molar-refractivity contribution is 5.77. The van der Waals surface area contributed by atoms with E-state index in [9.17, 15) is 14.7 Å². The molecule has 0 aromatic heterocycles. The molecule has 1 unspecified atom stereocenters. The molecule has 0 radical (unpaired) electrons. The summed E-state index contributed by atoms with van der Waals surface area (Å²) in [6.07, 6.45) is 21.5. The molecule has 0 bridgehead atoms. The van der Waals surface area contributed by atoms with Crippen LogP contribution in [0.4, 0.5) is 0 Å². The van der Waals surface area contributed by atoms with Gasteiger partial charge in [0.15, 0.2) is 6.10 Å². The second-order valence-corrected chi connectivity index (χ2v) is 7.79. The topological polar surface area (TPSA) is 63.6 Å². The molecule has 1 N–H and O–H groups in total. The highest BCUT2D eigenvalue weighted by atomic mass is 16.6. The minimum Gasteiger partial charge on any atom is -0.479 e. The van der Waals surface area contributed by atoms with Crippen molar-refractivity contribution in [3.8, 4) is 0 Å². The summed E-state index contributed by atoms with van der Waals surface area (Å²) in [4.78, 5) is 22.9. The van der Waals surface area contributed by atoms with Gasteiger partial charge in [0.25, 0.3) is 0 Å². The van der Waals surface area contributed by atoms with Crippen LogP contribution in [-0.2, 0) is 14.3 Å². The fraction of sp³-hybridized carbons (Fsp3) is 0.833. The van der Waals surface area contributed by atoms with Gasteiger partial charge < -0.3 is 9.84 Å². The number of hydrogen-bond donors (Lipinski definition) is 1. The van der Waals surface area contributed by atoms with Crippen molar-refractivity contribution in [1.29, 1.82) is 0 Å². The lowest BCUT2D eigenvalue weighted by atomic mass is 10.1. The molecule has 4 heteroatoms. The van der Waals surface area contributed by atoms with E-state index in [2.05, 4.69) is 26.0 Å². The van der Waals surface area contributed by atoms with Crippen LogP contribution in [0.25, 0.3) is 0 Å². The van der Waals surface area contributed by atoms with E-state index in [1.165, 1.54) is 44.9 Å². The third-order valence-corrected chi connectivity index (χ3v) is 5.01. The van der Waals surface area contributed by atoms with Crippen LogP contribution in [0.5, 0.6) is 0 Å². The minimum atomic E-state index is -1.03. The summed E-state index contributed by atoms with van der Waals surface area (Å²) in [5, 5.41) is 9.21. The van der Waals surface area contributed by atoms with E-state index >= 15 is 0 Å². The summed E-state index contributed by atoms with van der Waals surface area (Å²) in [7, 11) is 0. The molecule has 0 heterocycles. The van der Waals surface area contributed by atoms with Gasteiger partial charge in [-0.15, -0.1) is 0 Å². The van der Waals surface area contributed by atoms with Crippen LogP contribution in [0, 0.1) is 0 Å². The number of rotatable bonds is 20. The quantitative estimate of drug-likeness (QED) is 0.134. The average molecular weight is 397 g/mol. The molecular formula is C24H44O4. The molecule has 0 fully saturated rings. The molecule has 1 atom stereocenters. The molecule has 0 saturated heterocycles. The Morgan fingerprint density at radius 2 is 1.25 bits per heavy atom. The second-order valence-electron chi connectivity index (χ2n) is 7.79. The smallest absolute Gasteiger partial charge is 0.345 e. The van der Waals surface area contributed by atoms with Crippen molar-refractivity contribution in [1.82, 2.24) is 0 Å². The summed E-state index contributed by atoms with van der Waals surface area (Å²) >= 11 is 0. The summed E-state index contributed by atoms with van der Waals surface area (Å²) in [6.45, 7) is 4.31. The van der Waals surface area contributed by atoms with E-state index in [0.29, 0.717) is 12.8 Å². The van der Waals surface area contributed by atoms with Gasteiger partial charge in [-0.25, -0.2) is 4.79 Å². The van der Waals surface area contributed by atoms with Crippen LogP contribution < -0.4 is 0 Å². The summed E-state index contributed by atoms with van der Waals surface area (Å²) in [5.74, 6) is -1.40. The Hall–Kier alpha value is -1.32. The Morgan fingerprint density at radius 3 is 1.82 bits per heavy atom. The first-order valence-electron chi connectivity index (χ1n) is 11.7. The summed E-state index contributed by atoms with van der Waals surface area (Å²) < 4.78 is 5.12. The van der Waals surface area contributed by atoms with E-state index < -0.39 is 12.1 Å². The maximum atomic E-state index is 11.7. The van der Waals surface area contributed by atoms with Crippen molar-refractivity contribution >= 4 is 11.9 Å². The van der Waals surface area contributed by atoms with Crippen molar-refractivity contribution in [3.63, 3.8) is 0 Å². The Morgan fingerprint density at radius 1 is 0.750 bits per heavy atom. The number of ether oxygens (including phenoxy) is 1. The third-order valence-electron chi connectivity index (χ3n) is 5.01. The molecule has 0 aliphatic heterocycles.